The first kappa shape index (κ1) is 7.71. The van der Waals surface area contributed by atoms with Gasteiger partial charge in [-0.3, -0.25) is 9.59 Å². The van der Waals surface area contributed by atoms with Crippen LogP contribution in [0.4, 0.5) is 0 Å². The van der Waals surface area contributed by atoms with Gasteiger partial charge in [0.2, 0.25) is 0 Å². The summed E-state index contributed by atoms with van der Waals surface area (Å²) < 4.78 is 0. The fraction of sp³-hybridized carbons (Fsp3) is 0.600. The van der Waals surface area contributed by atoms with E-state index in [4.69, 9.17) is 0 Å². The lowest BCUT2D eigenvalue weighted by Crippen LogP contribution is -2.16. The van der Waals surface area contributed by atoms with Gasteiger partial charge in [0.25, 0.3) is 0 Å². The molecule has 0 N–H and O–H groups in total. The van der Waals surface area contributed by atoms with Crippen LogP contribution in [0.3, 0.4) is 0 Å². The Hall–Kier alpha value is -0.920. The maximum absolute atomic E-state index is 11.4. The van der Waals surface area contributed by atoms with Crippen LogP contribution in [0.1, 0.15) is 32.6 Å². The van der Waals surface area contributed by atoms with Crippen LogP contribution in [0, 0.1) is 5.92 Å². The molecule has 0 saturated heterocycles. The number of Topliss-reactive ketones (excluding diaryl/α,β-unsaturated/α-hetero) is 2. The highest BCUT2D eigenvalue weighted by atomic mass is 16.1. The van der Waals surface area contributed by atoms with Crippen LogP contribution in [-0.4, -0.2) is 11.6 Å². The molecule has 0 aromatic rings. The average Bonchev–Trinajstić information content (AvgIpc) is 2.29. The maximum atomic E-state index is 11.4. The van der Waals surface area contributed by atoms with Crippen molar-refractivity contribution >= 4 is 11.6 Å². The fourth-order valence-corrected chi connectivity index (χ4v) is 2.26. The molecule has 0 heterocycles. The second kappa shape index (κ2) is 2.54. The number of allylic oxidation sites excluding steroid dienone is 2. The number of ketones is 2. The molecule has 1 saturated carbocycles. The molecular weight excluding hydrogens is 152 g/mol. The van der Waals surface area contributed by atoms with Gasteiger partial charge in [-0.15, -0.1) is 0 Å². The van der Waals surface area contributed by atoms with E-state index >= 15 is 0 Å². The van der Waals surface area contributed by atoms with E-state index in [-0.39, 0.29) is 17.5 Å². The minimum atomic E-state index is 0.185. The van der Waals surface area contributed by atoms with Crippen LogP contribution in [0.2, 0.25) is 0 Å². The molecule has 0 aromatic heterocycles. The molecule has 0 radical (unpaired) electrons. The molecule has 2 aliphatic rings. The highest BCUT2D eigenvalue weighted by Gasteiger charge is 2.35. The zero-order chi connectivity index (χ0) is 8.72. The minimum Gasteiger partial charge on any atom is -0.295 e. The summed E-state index contributed by atoms with van der Waals surface area (Å²) in [5, 5.41) is 0. The van der Waals surface area contributed by atoms with Gasteiger partial charge in [0.1, 0.15) is 0 Å². The molecule has 64 valence electrons. The van der Waals surface area contributed by atoms with Crippen LogP contribution >= 0.6 is 0 Å². The van der Waals surface area contributed by atoms with E-state index in [1.54, 1.807) is 6.92 Å². The van der Waals surface area contributed by atoms with Crippen molar-refractivity contribution in [2.75, 3.05) is 0 Å². The van der Waals surface area contributed by atoms with Gasteiger partial charge < -0.3 is 0 Å². The molecule has 0 aromatic carbocycles. The van der Waals surface area contributed by atoms with Crippen molar-refractivity contribution in [1.29, 1.82) is 0 Å². The Morgan fingerprint density at radius 3 is 2.67 bits per heavy atom. The summed E-state index contributed by atoms with van der Waals surface area (Å²) in [7, 11) is 0. The highest BCUT2D eigenvalue weighted by molar-refractivity contribution is 6.10. The number of hydrogen-bond acceptors (Lipinski definition) is 2. The van der Waals surface area contributed by atoms with Crippen LogP contribution in [-0.2, 0) is 9.59 Å². The molecule has 2 rings (SSSR count). The van der Waals surface area contributed by atoms with E-state index in [2.05, 4.69) is 0 Å². The van der Waals surface area contributed by atoms with Crippen molar-refractivity contribution < 1.29 is 9.59 Å². The first-order valence-electron chi connectivity index (χ1n) is 4.47. The van der Waals surface area contributed by atoms with E-state index in [0.29, 0.717) is 12.8 Å². The highest BCUT2D eigenvalue weighted by Crippen LogP contribution is 2.37. The predicted octanol–water partition coefficient (Wildman–Crippen LogP) is 1.64. The third kappa shape index (κ3) is 0.942. The van der Waals surface area contributed by atoms with Gasteiger partial charge >= 0.3 is 0 Å². The fourth-order valence-electron chi connectivity index (χ4n) is 2.26. The van der Waals surface area contributed by atoms with Crippen molar-refractivity contribution in [2.24, 2.45) is 5.92 Å². The SMILES string of the molecule is CC1=C2C(=O)CCCC2CC1=O. The van der Waals surface area contributed by atoms with Gasteiger partial charge in [-0.25, -0.2) is 0 Å². The van der Waals surface area contributed by atoms with E-state index in [0.717, 1.165) is 24.0 Å². The minimum absolute atomic E-state index is 0.185. The van der Waals surface area contributed by atoms with Gasteiger partial charge in [0, 0.05) is 18.4 Å². The van der Waals surface area contributed by atoms with Crippen molar-refractivity contribution in [2.45, 2.75) is 32.6 Å². The summed E-state index contributed by atoms with van der Waals surface area (Å²) >= 11 is 0. The second-order valence-electron chi connectivity index (χ2n) is 3.68. The molecule has 0 amide bonds. The lowest BCUT2D eigenvalue weighted by atomic mass is 9.84. The summed E-state index contributed by atoms with van der Waals surface area (Å²) in [5.74, 6) is 0.679. The van der Waals surface area contributed by atoms with Crippen LogP contribution in [0.5, 0.6) is 0 Å². The topological polar surface area (TPSA) is 34.1 Å². The third-order valence-corrected chi connectivity index (χ3v) is 2.92. The number of fused-ring (bicyclic) bond motifs is 1. The van der Waals surface area contributed by atoms with Crippen LogP contribution < -0.4 is 0 Å². The Labute approximate surface area is 71.6 Å². The Balaban J connectivity index is 2.41. The number of carbonyl (C=O) groups excluding carboxylic acids is 2. The summed E-state index contributed by atoms with van der Waals surface area (Å²) in [6.45, 7) is 1.79. The first-order chi connectivity index (χ1) is 5.70. The van der Waals surface area contributed by atoms with E-state index < -0.39 is 0 Å². The molecule has 1 unspecified atom stereocenters. The molecule has 1 fully saturated rings. The molecular formula is C10H12O2. The van der Waals surface area contributed by atoms with Gasteiger partial charge in [0.15, 0.2) is 11.6 Å². The Morgan fingerprint density at radius 2 is 2.00 bits per heavy atom. The molecule has 2 nitrogen and oxygen atoms in total. The van der Waals surface area contributed by atoms with E-state index in [1.165, 1.54) is 0 Å². The quantitative estimate of drug-likeness (QED) is 0.545. The molecule has 1 atom stereocenters. The zero-order valence-corrected chi connectivity index (χ0v) is 7.22. The Morgan fingerprint density at radius 1 is 1.25 bits per heavy atom. The van der Waals surface area contributed by atoms with Crippen molar-refractivity contribution in [1.82, 2.24) is 0 Å². The van der Waals surface area contributed by atoms with Crippen LogP contribution in [0.25, 0.3) is 0 Å². The van der Waals surface area contributed by atoms with E-state index in [1.807, 2.05) is 0 Å². The second-order valence-corrected chi connectivity index (χ2v) is 3.68. The van der Waals surface area contributed by atoms with Crippen molar-refractivity contribution in [3.63, 3.8) is 0 Å². The van der Waals surface area contributed by atoms with Gasteiger partial charge in [0.05, 0.1) is 0 Å². The van der Waals surface area contributed by atoms with Crippen LogP contribution in [0.15, 0.2) is 11.1 Å². The van der Waals surface area contributed by atoms with Gasteiger partial charge in [-0.2, -0.15) is 0 Å². The molecule has 2 aliphatic carbocycles. The molecule has 2 heteroatoms. The lowest BCUT2D eigenvalue weighted by molar-refractivity contribution is -0.117. The van der Waals surface area contributed by atoms with Crippen molar-refractivity contribution in [3.05, 3.63) is 11.1 Å². The molecule has 0 bridgehead atoms. The average molecular weight is 164 g/mol. The van der Waals surface area contributed by atoms with Crippen molar-refractivity contribution in [3.8, 4) is 0 Å². The maximum Gasteiger partial charge on any atom is 0.159 e. The third-order valence-electron chi connectivity index (χ3n) is 2.92. The molecule has 0 spiro atoms. The predicted molar refractivity (Wildman–Crippen MR) is 44.7 cm³/mol. The summed E-state index contributed by atoms with van der Waals surface area (Å²) in [4.78, 5) is 22.7. The monoisotopic (exact) mass is 164 g/mol. The number of rotatable bonds is 0. The van der Waals surface area contributed by atoms with Gasteiger partial charge in [-0.05, 0) is 31.3 Å². The first-order valence-corrected chi connectivity index (χ1v) is 4.47. The number of hydrogen-bond donors (Lipinski definition) is 0. The standard InChI is InChI=1S/C10H12O2/c1-6-9(12)5-7-3-2-4-8(11)10(6)7/h7H,2-5H2,1H3. The molecule has 12 heavy (non-hydrogen) atoms. The normalized spacial score (nSPS) is 29.6. The summed E-state index contributed by atoms with van der Waals surface area (Å²) in [6.07, 6.45) is 3.24. The van der Waals surface area contributed by atoms with E-state index in [9.17, 15) is 9.59 Å². The summed E-state index contributed by atoms with van der Waals surface area (Å²) in [6, 6.07) is 0. The Bertz CT molecular complexity index is 286. The lowest BCUT2D eigenvalue weighted by Gasteiger charge is -2.18. The largest absolute Gasteiger partial charge is 0.295 e. The smallest absolute Gasteiger partial charge is 0.159 e. The zero-order valence-electron chi connectivity index (χ0n) is 7.22. The summed E-state index contributed by atoms with van der Waals surface area (Å²) in [5.41, 5.74) is 1.59. The molecule has 0 aliphatic heterocycles. The Kier molecular flexibility index (Phi) is 1.63. The van der Waals surface area contributed by atoms with Gasteiger partial charge in [-0.1, -0.05) is 0 Å². The number of carbonyl (C=O) groups is 2.